The molecule has 1 atom stereocenters. The lowest BCUT2D eigenvalue weighted by Gasteiger charge is -2.35. The molecule has 1 N–H and O–H groups in total. The number of ether oxygens (including phenoxy) is 2. The largest absolute Gasteiger partial charge is 0.481 e. The van der Waals surface area contributed by atoms with Gasteiger partial charge in [-0.2, -0.15) is 0 Å². The van der Waals surface area contributed by atoms with Gasteiger partial charge in [-0.1, -0.05) is 0 Å². The Morgan fingerprint density at radius 1 is 1.25 bits per heavy atom. The zero-order chi connectivity index (χ0) is 14.8. The zero-order valence-corrected chi connectivity index (χ0v) is 12.2. The van der Waals surface area contributed by atoms with E-state index in [1.807, 2.05) is 6.92 Å². The Kier molecular flexibility index (Phi) is 8.22. The van der Waals surface area contributed by atoms with Gasteiger partial charge in [0.15, 0.2) is 0 Å². The highest BCUT2D eigenvalue weighted by Crippen LogP contribution is 2.21. The summed E-state index contributed by atoms with van der Waals surface area (Å²) < 4.78 is 10.4. The molecule has 6 heteroatoms. The van der Waals surface area contributed by atoms with Crippen molar-refractivity contribution in [3.63, 3.8) is 0 Å². The van der Waals surface area contributed by atoms with Crippen LogP contribution in [0.25, 0.3) is 0 Å². The summed E-state index contributed by atoms with van der Waals surface area (Å²) >= 11 is 0. The molecule has 0 aromatic rings. The van der Waals surface area contributed by atoms with Crippen molar-refractivity contribution >= 4 is 11.9 Å². The van der Waals surface area contributed by atoms with Crippen LogP contribution in [0.15, 0.2) is 0 Å². The van der Waals surface area contributed by atoms with Crippen molar-refractivity contribution in [2.24, 2.45) is 0 Å². The van der Waals surface area contributed by atoms with Crippen LogP contribution in [0.5, 0.6) is 0 Å². The van der Waals surface area contributed by atoms with Crippen molar-refractivity contribution in [3.8, 4) is 0 Å². The Morgan fingerprint density at radius 3 is 2.70 bits per heavy atom. The lowest BCUT2D eigenvalue weighted by molar-refractivity contribution is -0.143. The molecule has 6 nitrogen and oxygen atoms in total. The first-order valence-corrected chi connectivity index (χ1v) is 7.32. The minimum atomic E-state index is -0.809. The summed E-state index contributed by atoms with van der Waals surface area (Å²) in [5.74, 6) is -0.854. The number of carboxylic acid groups (broad SMARTS) is 1. The molecule has 0 spiro atoms. The lowest BCUT2D eigenvalue weighted by atomic mass is 9.98. The molecule has 0 aromatic heterocycles. The molecule has 0 aliphatic carbocycles. The van der Waals surface area contributed by atoms with Crippen LogP contribution in [0.1, 0.15) is 39.0 Å². The van der Waals surface area contributed by atoms with Gasteiger partial charge in [-0.05, 0) is 32.6 Å². The van der Waals surface area contributed by atoms with Gasteiger partial charge >= 0.3 is 5.97 Å². The monoisotopic (exact) mass is 287 g/mol. The summed E-state index contributed by atoms with van der Waals surface area (Å²) in [6, 6.07) is 0.0443. The number of likely N-dealkylation sites (tertiary alicyclic amines) is 1. The lowest BCUT2D eigenvalue weighted by Crippen LogP contribution is -2.45. The number of hydrogen-bond acceptors (Lipinski definition) is 4. The predicted molar refractivity (Wildman–Crippen MR) is 73.5 cm³/mol. The van der Waals surface area contributed by atoms with Crippen molar-refractivity contribution in [1.29, 1.82) is 0 Å². The molecule has 0 aromatic carbocycles. The number of nitrogens with zero attached hydrogens (tertiary/aromatic N) is 1. The molecule has 0 bridgehead atoms. The second kappa shape index (κ2) is 9.72. The molecule has 1 amide bonds. The summed E-state index contributed by atoms with van der Waals surface area (Å²) in [4.78, 5) is 24.5. The molecule has 0 radical (unpaired) electrons. The van der Waals surface area contributed by atoms with E-state index in [0.29, 0.717) is 32.8 Å². The van der Waals surface area contributed by atoms with Gasteiger partial charge in [0.1, 0.15) is 6.61 Å². The van der Waals surface area contributed by atoms with Gasteiger partial charge < -0.3 is 19.5 Å². The maximum Gasteiger partial charge on any atom is 0.303 e. The number of carboxylic acids is 1. The molecule has 1 rings (SSSR count). The van der Waals surface area contributed by atoms with E-state index >= 15 is 0 Å². The number of rotatable bonds is 9. The summed E-state index contributed by atoms with van der Waals surface area (Å²) in [5, 5.41) is 8.75. The van der Waals surface area contributed by atoms with Crippen molar-refractivity contribution in [2.75, 3.05) is 33.0 Å². The topological polar surface area (TPSA) is 76.1 Å². The SMILES string of the molecule is CCOCCOCC(=O)N1CCCCC1CCC(=O)O. The zero-order valence-electron chi connectivity index (χ0n) is 12.2. The van der Waals surface area contributed by atoms with Gasteiger partial charge in [-0.3, -0.25) is 9.59 Å². The molecule has 116 valence electrons. The third-order valence-electron chi connectivity index (χ3n) is 3.44. The van der Waals surface area contributed by atoms with E-state index in [9.17, 15) is 9.59 Å². The third kappa shape index (κ3) is 6.34. The fraction of sp³-hybridized carbons (Fsp3) is 0.857. The summed E-state index contributed by atoms with van der Waals surface area (Å²) in [5.41, 5.74) is 0. The van der Waals surface area contributed by atoms with Gasteiger partial charge in [-0.15, -0.1) is 0 Å². The number of aliphatic carboxylic acids is 1. The van der Waals surface area contributed by atoms with Crippen LogP contribution in [-0.2, 0) is 19.1 Å². The van der Waals surface area contributed by atoms with Crippen LogP contribution in [0.3, 0.4) is 0 Å². The van der Waals surface area contributed by atoms with Crippen molar-refractivity contribution in [1.82, 2.24) is 4.90 Å². The number of carbonyl (C=O) groups is 2. The quantitative estimate of drug-likeness (QED) is 0.647. The summed E-state index contributed by atoms with van der Waals surface area (Å²) in [6.07, 6.45) is 3.56. The molecule has 1 saturated heterocycles. The molecule has 1 aliphatic rings. The maximum absolute atomic E-state index is 12.1. The van der Waals surface area contributed by atoms with Crippen LogP contribution in [0.2, 0.25) is 0 Å². The molecule has 1 fully saturated rings. The fourth-order valence-electron chi connectivity index (χ4n) is 2.42. The van der Waals surface area contributed by atoms with Gasteiger partial charge in [0, 0.05) is 25.6 Å². The summed E-state index contributed by atoms with van der Waals surface area (Å²) in [7, 11) is 0. The van der Waals surface area contributed by atoms with E-state index in [4.69, 9.17) is 14.6 Å². The number of hydrogen-bond donors (Lipinski definition) is 1. The molecule has 1 unspecified atom stereocenters. The highest BCUT2D eigenvalue weighted by Gasteiger charge is 2.26. The fourth-order valence-corrected chi connectivity index (χ4v) is 2.42. The first-order valence-electron chi connectivity index (χ1n) is 7.32. The van der Waals surface area contributed by atoms with Crippen LogP contribution in [0, 0.1) is 0 Å². The second-order valence-corrected chi connectivity index (χ2v) is 4.92. The smallest absolute Gasteiger partial charge is 0.303 e. The predicted octanol–water partition coefficient (Wildman–Crippen LogP) is 1.29. The van der Waals surface area contributed by atoms with Crippen LogP contribution < -0.4 is 0 Å². The van der Waals surface area contributed by atoms with E-state index < -0.39 is 5.97 Å². The van der Waals surface area contributed by atoms with Crippen LogP contribution in [0.4, 0.5) is 0 Å². The Balaban J connectivity index is 2.32. The Labute approximate surface area is 120 Å². The minimum absolute atomic E-state index is 0.0443. The normalized spacial score (nSPS) is 19.1. The second-order valence-electron chi connectivity index (χ2n) is 4.92. The van der Waals surface area contributed by atoms with Gasteiger partial charge in [0.2, 0.25) is 5.91 Å². The van der Waals surface area contributed by atoms with E-state index in [2.05, 4.69) is 0 Å². The molecule has 1 aliphatic heterocycles. The Bertz CT molecular complexity index is 308. The van der Waals surface area contributed by atoms with Gasteiger partial charge in [-0.25, -0.2) is 0 Å². The average molecular weight is 287 g/mol. The molecule has 1 heterocycles. The van der Waals surface area contributed by atoms with Crippen molar-refractivity contribution in [3.05, 3.63) is 0 Å². The third-order valence-corrected chi connectivity index (χ3v) is 3.44. The average Bonchev–Trinajstić information content (AvgIpc) is 2.45. The van der Waals surface area contributed by atoms with E-state index in [-0.39, 0.29) is 25.0 Å². The van der Waals surface area contributed by atoms with Crippen molar-refractivity contribution < 1.29 is 24.2 Å². The summed E-state index contributed by atoms with van der Waals surface area (Å²) in [6.45, 7) is 4.21. The molecule has 0 saturated carbocycles. The van der Waals surface area contributed by atoms with Crippen molar-refractivity contribution in [2.45, 2.75) is 45.1 Å². The van der Waals surface area contributed by atoms with E-state index in [0.717, 1.165) is 19.3 Å². The molecule has 20 heavy (non-hydrogen) atoms. The van der Waals surface area contributed by atoms with Crippen LogP contribution >= 0.6 is 0 Å². The highest BCUT2D eigenvalue weighted by atomic mass is 16.5. The van der Waals surface area contributed by atoms with Crippen LogP contribution in [-0.4, -0.2) is 60.9 Å². The van der Waals surface area contributed by atoms with E-state index in [1.54, 1.807) is 4.90 Å². The van der Waals surface area contributed by atoms with E-state index in [1.165, 1.54) is 0 Å². The molecular weight excluding hydrogens is 262 g/mol. The number of carbonyl (C=O) groups excluding carboxylic acids is 1. The highest BCUT2D eigenvalue weighted by molar-refractivity contribution is 5.78. The Hall–Kier alpha value is -1.14. The standard InChI is InChI=1S/C14H25NO5/c1-2-19-9-10-20-11-13(16)15-8-4-3-5-12(15)6-7-14(17)18/h12H,2-11H2,1H3,(H,17,18). The first kappa shape index (κ1) is 16.9. The van der Waals surface area contributed by atoms with Gasteiger partial charge in [0.25, 0.3) is 0 Å². The Morgan fingerprint density at radius 2 is 2.00 bits per heavy atom. The van der Waals surface area contributed by atoms with Gasteiger partial charge in [0.05, 0.1) is 13.2 Å². The maximum atomic E-state index is 12.1. The minimum Gasteiger partial charge on any atom is -0.481 e. The number of amides is 1. The molecular formula is C14H25NO5. The first-order chi connectivity index (χ1) is 9.65. The number of piperidine rings is 1.